The summed E-state index contributed by atoms with van der Waals surface area (Å²) < 4.78 is 0. The fraction of sp³-hybridized carbons (Fsp3) is 0.333. The highest BCUT2D eigenvalue weighted by molar-refractivity contribution is 6.31. The van der Waals surface area contributed by atoms with E-state index in [9.17, 15) is 9.59 Å². The Balaban J connectivity index is 0.000000397. The predicted molar refractivity (Wildman–Crippen MR) is 159 cm³/mol. The van der Waals surface area contributed by atoms with Crippen LogP contribution in [-0.2, 0) is 33.9 Å². The number of aromatic nitrogens is 1. The second-order valence-corrected chi connectivity index (χ2v) is 8.99. The van der Waals surface area contributed by atoms with Crippen LogP contribution in [0.15, 0.2) is 73.1 Å². The van der Waals surface area contributed by atoms with E-state index in [0.717, 1.165) is 60.7 Å². The zero-order valence-corrected chi connectivity index (χ0v) is 24.4. The van der Waals surface area contributed by atoms with Gasteiger partial charge >= 0.3 is 0 Å². The maximum Gasteiger partial charge on any atom is 0.227 e. The van der Waals surface area contributed by atoms with Crippen LogP contribution in [-0.4, -0.2) is 59.6 Å². The summed E-state index contributed by atoms with van der Waals surface area (Å²) in [6.45, 7) is 10.1. The van der Waals surface area contributed by atoms with Crippen molar-refractivity contribution in [3.63, 3.8) is 0 Å². The van der Waals surface area contributed by atoms with E-state index >= 15 is 0 Å². The summed E-state index contributed by atoms with van der Waals surface area (Å²) in [6, 6.07) is 19.1. The van der Waals surface area contributed by atoms with E-state index in [2.05, 4.69) is 21.3 Å². The molecular formula is C30H38Cl2N4O3. The fourth-order valence-electron chi connectivity index (χ4n) is 3.62. The van der Waals surface area contributed by atoms with Crippen molar-refractivity contribution in [3.05, 3.63) is 99.8 Å². The van der Waals surface area contributed by atoms with E-state index in [1.54, 1.807) is 18.5 Å². The molecule has 9 heteroatoms. The van der Waals surface area contributed by atoms with Crippen molar-refractivity contribution in [2.45, 2.75) is 40.3 Å². The molecule has 0 spiro atoms. The number of hydrogen-bond acceptors (Lipinski definition) is 5. The number of halogens is 2. The lowest BCUT2D eigenvalue weighted by Gasteiger charge is -2.35. The molecule has 7 nitrogen and oxygen atoms in total. The van der Waals surface area contributed by atoms with Gasteiger partial charge in [0.2, 0.25) is 12.3 Å². The molecular weight excluding hydrogens is 535 g/mol. The number of carbonyl (C=O) groups is 3. The molecule has 1 N–H and O–H groups in total. The molecule has 1 aromatic heterocycles. The Bertz CT molecular complexity index is 1110. The molecule has 0 unspecified atom stereocenters. The van der Waals surface area contributed by atoms with E-state index in [1.165, 1.54) is 6.92 Å². The van der Waals surface area contributed by atoms with Crippen LogP contribution >= 0.6 is 23.2 Å². The molecule has 3 aromatic rings. The third-order valence-corrected chi connectivity index (χ3v) is 6.06. The second-order valence-electron chi connectivity index (χ2n) is 8.14. The van der Waals surface area contributed by atoms with Crippen molar-refractivity contribution in [3.8, 4) is 0 Å². The van der Waals surface area contributed by atoms with Crippen molar-refractivity contribution >= 4 is 41.8 Å². The summed E-state index contributed by atoms with van der Waals surface area (Å²) in [5, 5.41) is 4.05. The lowest BCUT2D eigenvalue weighted by atomic mass is 10.1. The fourth-order valence-corrected chi connectivity index (χ4v) is 4.02. The zero-order valence-electron chi connectivity index (χ0n) is 22.9. The zero-order chi connectivity index (χ0) is 28.9. The van der Waals surface area contributed by atoms with Gasteiger partial charge in [0.1, 0.15) is 6.29 Å². The van der Waals surface area contributed by atoms with Crippen LogP contribution < -0.4 is 5.32 Å². The van der Waals surface area contributed by atoms with Crippen molar-refractivity contribution in [1.82, 2.24) is 20.1 Å². The van der Waals surface area contributed by atoms with E-state index in [-0.39, 0.29) is 5.91 Å². The Hall–Kier alpha value is -3.26. The minimum Gasteiger partial charge on any atom is -0.355 e. The summed E-state index contributed by atoms with van der Waals surface area (Å²) in [5.74, 6) is 0.189. The molecule has 1 saturated heterocycles. The van der Waals surface area contributed by atoms with Crippen molar-refractivity contribution in [1.29, 1.82) is 0 Å². The van der Waals surface area contributed by atoms with E-state index in [0.29, 0.717) is 24.4 Å². The first-order valence-corrected chi connectivity index (χ1v) is 13.7. The normalized spacial score (nSPS) is 12.3. The predicted octanol–water partition coefficient (Wildman–Crippen LogP) is 5.44. The van der Waals surface area contributed by atoms with Gasteiger partial charge in [0, 0.05) is 61.7 Å². The lowest BCUT2D eigenvalue weighted by Crippen LogP contribution is -2.48. The molecule has 2 heterocycles. The molecule has 0 bridgehead atoms. The van der Waals surface area contributed by atoms with Gasteiger partial charge in [0.15, 0.2) is 0 Å². The highest BCUT2D eigenvalue weighted by Gasteiger charge is 2.21. The van der Waals surface area contributed by atoms with E-state index in [1.807, 2.05) is 67.3 Å². The molecule has 4 rings (SSSR count). The second kappa shape index (κ2) is 20.7. The Morgan fingerprint density at radius 3 is 2.15 bits per heavy atom. The molecule has 2 aromatic carbocycles. The number of aldehydes is 1. The first-order chi connectivity index (χ1) is 19.0. The van der Waals surface area contributed by atoms with Gasteiger partial charge in [-0.25, -0.2) is 0 Å². The largest absolute Gasteiger partial charge is 0.355 e. The minimum atomic E-state index is 0.189. The molecule has 0 aliphatic carbocycles. The van der Waals surface area contributed by atoms with Crippen LogP contribution in [0.1, 0.15) is 37.5 Å². The van der Waals surface area contributed by atoms with Crippen LogP contribution in [0.3, 0.4) is 0 Å². The first kappa shape index (κ1) is 33.8. The molecule has 1 fully saturated rings. The van der Waals surface area contributed by atoms with Gasteiger partial charge in [-0.05, 0) is 53.9 Å². The summed E-state index contributed by atoms with van der Waals surface area (Å²) in [5.41, 5.74) is 3.17. The topological polar surface area (TPSA) is 82.6 Å². The maximum atomic E-state index is 12.4. The molecule has 39 heavy (non-hydrogen) atoms. The number of nitrogens with one attached hydrogen (secondary N) is 1. The molecule has 0 saturated carbocycles. The maximum absolute atomic E-state index is 12.4. The molecule has 0 atom stereocenters. The van der Waals surface area contributed by atoms with Gasteiger partial charge in [-0.2, -0.15) is 0 Å². The Kier molecular flexibility index (Phi) is 17.9. The molecule has 210 valence electrons. The number of hydrogen-bond donors (Lipinski definition) is 1. The smallest absolute Gasteiger partial charge is 0.227 e. The van der Waals surface area contributed by atoms with Crippen LogP contribution in [0, 0.1) is 0 Å². The van der Waals surface area contributed by atoms with Crippen molar-refractivity contribution in [2.24, 2.45) is 0 Å². The van der Waals surface area contributed by atoms with Gasteiger partial charge in [0.25, 0.3) is 0 Å². The quantitative estimate of drug-likeness (QED) is 0.381. The number of rotatable bonds is 7. The third-order valence-electron chi connectivity index (χ3n) is 5.46. The first-order valence-electron chi connectivity index (χ1n) is 12.9. The summed E-state index contributed by atoms with van der Waals surface area (Å²) in [6.07, 6.45) is 5.32. The van der Waals surface area contributed by atoms with Crippen LogP contribution in [0.4, 0.5) is 0 Å². The van der Waals surface area contributed by atoms with Gasteiger partial charge < -0.3 is 15.0 Å². The number of benzene rings is 2. The summed E-state index contributed by atoms with van der Waals surface area (Å²) in [7, 11) is 0. The van der Waals surface area contributed by atoms with Crippen molar-refractivity contribution < 1.29 is 14.4 Å². The van der Waals surface area contributed by atoms with Crippen LogP contribution in [0.2, 0.25) is 10.0 Å². The van der Waals surface area contributed by atoms with Gasteiger partial charge in [-0.15, -0.1) is 0 Å². The standard InChI is InChI=1S/C18H20ClN3O.C8H8ClNO.C2H4O.C2H6/c19-17-4-2-1-3-16(17)14-21-9-11-22(12-10-21)18(23)13-15-5-7-20-8-6-15;9-8-3-1-2-7(4-8)5-10-6-11;1-2-3;1-2/h1-8H,9-14H2;1-4,6H,5H2,(H,10,11);2H,1H3;1-2H3. The van der Waals surface area contributed by atoms with E-state index in [4.69, 9.17) is 28.0 Å². The molecule has 1 aliphatic rings. The number of nitrogens with zero attached hydrogens (tertiary/aromatic N) is 3. The summed E-state index contributed by atoms with van der Waals surface area (Å²) in [4.78, 5) is 39.3. The number of amides is 2. The Morgan fingerprint density at radius 2 is 1.56 bits per heavy atom. The monoisotopic (exact) mass is 572 g/mol. The number of piperazine rings is 1. The third kappa shape index (κ3) is 13.9. The highest BCUT2D eigenvalue weighted by atomic mass is 35.5. The molecule has 0 radical (unpaired) electrons. The lowest BCUT2D eigenvalue weighted by molar-refractivity contribution is -0.132. The summed E-state index contributed by atoms with van der Waals surface area (Å²) >= 11 is 11.9. The van der Waals surface area contributed by atoms with Crippen molar-refractivity contribution in [2.75, 3.05) is 26.2 Å². The minimum absolute atomic E-state index is 0.189. The van der Waals surface area contributed by atoms with Gasteiger partial charge in [-0.1, -0.05) is 67.4 Å². The highest BCUT2D eigenvalue weighted by Crippen LogP contribution is 2.18. The van der Waals surface area contributed by atoms with Crippen LogP contribution in [0.5, 0.6) is 0 Å². The number of carbonyl (C=O) groups excluding carboxylic acids is 3. The van der Waals surface area contributed by atoms with Gasteiger partial charge in [0.05, 0.1) is 6.42 Å². The SMILES string of the molecule is CC.CC=O.O=C(Cc1ccncc1)N1CCN(Cc2ccccc2Cl)CC1.O=CNCc1cccc(Cl)c1. The van der Waals surface area contributed by atoms with E-state index < -0.39 is 0 Å². The average molecular weight is 574 g/mol. The Labute approximate surface area is 242 Å². The molecule has 2 amide bonds. The van der Waals surface area contributed by atoms with Crippen LogP contribution in [0.25, 0.3) is 0 Å². The van der Waals surface area contributed by atoms with Gasteiger partial charge in [-0.3, -0.25) is 19.5 Å². The molecule has 1 aliphatic heterocycles. The number of pyridine rings is 1. The average Bonchev–Trinajstić information content (AvgIpc) is 2.96. The Morgan fingerprint density at radius 1 is 0.923 bits per heavy atom.